The van der Waals surface area contributed by atoms with E-state index in [0.29, 0.717) is 0 Å². The molecule has 0 aromatic heterocycles. The molecule has 1 rings (SSSR count). The molecular formula is C13H24N2O6. The van der Waals surface area contributed by atoms with E-state index < -0.39 is 24.4 Å². The molecular weight excluding hydrogens is 280 g/mol. The zero-order valence-electron chi connectivity index (χ0n) is 12.5. The Hall–Kier alpha value is -1.22. The van der Waals surface area contributed by atoms with Gasteiger partial charge < -0.3 is 30.3 Å². The van der Waals surface area contributed by atoms with Crippen molar-refractivity contribution in [2.45, 2.75) is 50.7 Å². The van der Waals surface area contributed by atoms with Crippen LogP contribution in [0.2, 0.25) is 0 Å². The zero-order valence-corrected chi connectivity index (χ0v) is 12.5. The van der Waals surface area contributed by atoms with Gasteiger partial charge in [0, 0.05) is 19.7 Å². The molecule has 0 saturated carbocycles. The number of nitrogens with one attached hydrogen (secondary N) is 2. The van der Waals surface area contributed by atoms with E-state index in [1.54, 1.807) is 0 Å². The van der Waals surface area contributed by atoms with Gasteiger partial charge in [0.05, 0.1) is 12.5 Å². The number of hydrogen-bond acceptors (Lipinski definition) is 6. The lowest BCUT2D eigenvalue weighted by Crippen LogP contribution is -2.41. The molecule has 0 aromatic carbocycles. The first-order chi connectivity index (χ1) is 9.85. The fourth-order valence-corrected chi connectivity index (χ4v) is 2.12. The van der Waals surface area contributed by atoms with E-state index in [1.807, 2.05) is 13.8 Å². The maximum Gasteiger partial charge on any atom is 0.246 e. The summed E-state index contributed by atoms with van der Waals surface area (Å²) in [6.07, 6.45) is -3.89. The Morgan fingerprint density at radius 2 is 1.81 bits per heavy atom. The lowest BCUT2D eigenvalue weighted by atomic mass is 10.1. The fourth-order valence-electron chi connectivity index (χ4n) is 2.12. The van der Waals surface area contributed by atoms with Crippen molar-refractivity contribution in [3.63, 3.8) is 0 Å². The van der Waals surface area contributed by atoms with E-state index in [2.05, 4.69) is 15.4 Å². The summed E-state index contributed by atoms with van der Waals surface area (Å²) in [5.74, 6) is -0.603. The highest BCUT2D eigenvalue weighted by atomic mass is 16.5. The van der Waals surface area contributed by atoms with Crippen LogP contribution in [-0.4, -0.2) is 72.7 Å². The third kappa shape index (κ3) is 5.58. The highest BCUT2D eigenvalue weighted by Crippen LogP contribution is 2.23. The average molecular weight is 304 g/mol. The average Bonchev–Trinajstić information content (AvgIpc) is 2.64. The first-order valence-electron chi connectivity index (χ1n) is 6.91. The third-order valence-electron chi connectivity index (χ3n) is 3.07. The first kappa shape index (κ1) is 17.8. The summed E-state index contributed by atoms with van der Waals surface area (Å²) >= 11 is 0. The summed E-state index contributed by atoms with van der Waals surface area (Å²) in [7, 11) is 1.40. The van der Waals surface area contributed by atoms with E-state index in [9.17, 15) is 19.8 Å². The number of rotatable bonds is 7. The van der Waals surface area contributed by atoms with Gasteiger partial charge in [-0.15, -0.1) is 0 Å². The SMILES string of the molecule is COCC(=O)NCC1OC(CC(=O)NC(C)C)C(O)C1O. The van der Waals surface area contributed by atoms with Crippen LogP contribution in [0.5, 0.6) is 0 Å². The number of carbonyl (C=O) groups is 2. The molecule has 4 unspecified atom stereocenters. The van der Waals surface area contributed by atoms with E-state index in [1.165, 1.54) is 7.11 Å². The second-order valence-corrected chi connectivity index (χ2v) is 5.36. The fraction of sp³-hybridized carbons (Fsp3) is 0.846. The summed E-state index contributed by atoms with van der Waals surface area (Å²) in [6.45, 7) is 3.61. The van der Waals surface area contributed by atoms with Gasteiger partial charge in [0.2, 0.25) is 11.8 Å². The van der Waals surface area contributed by atoms with Crippen molar-refractivity contribution in [2.24, 2.45) is 0 Å². The van der Waals surface area contributed by atoms with Gasteiger partial charge in [-0.25, -0.2) is 0 Å². The molecule has 1 heterocycles. The second kappa shape index (κ2) is 8.28. The van der Waals surface area contributed by atoms with Crippen molar-refractivity contribution >= 4 is 11.8 Å². The van der Waals surface area contributed by atoms with Gasteiger partial charge in [-0.1, -0.05) is 0 Å². The van der Waals surface area contributed by atoms with Crippen LogP contribution in [0.3, 0.4) is 0 Å². The van der Waals surface area contributed by atoms with Crippen molar-refractivity contribution in [3.05, 3.63) is 0 Å². The van der Waals surface area contributed by atoms with Gasteiger partial charge in [-0.2, -0.15) is 0 Å². The molecule has 0 aromatic rings. The van der Waals surface area contributed by atoms with E-state index >= 15 is 0 Å². The lowest BCUT2D eigenvalue weighted by molar-refractivity contribution is -0.127. The van der Waals surface area contributed by atoms with Crippen LogP contribution >= 0.6 is 0 Å². The minimum atomic E-state index is -1.16. The Labute approximate surface area is 123 Å². The predicted molar refractivity (Wildman–Crippen MR) is 73.5 cm³/mol. The summed E-state index contributed by atoms with van der Waals surface area (Å²) in [6, 6.07) is -0.00917. The summed E-state index contributed by atoms with van der Waals surface area (Å²) in [5.41, 5.74) is 0. The summed E-state index contributed by atoms with van der Waals surface area (Å²) < 4.78 is 10.1. The molecule has 2 amide bonds. The minimum absolute atomic E-state index is 0.00917. The Bertz CT molecular complexity index is 363. The van der Waals surface area contributed by atoms with Gasteiger partial charge >= 0.3 is 0 Å². The molecule has 0 spiro atoms. The van der Waals surface area contributed by atoms with Gasteiger partial charge in [-0.05, 0) is 13.8 Å². The van der Waals surface area contributed by atoms with Crippen molar-refractivity contribution < 1.29 is 29.3 Å². The number of aliphatic hydroxyl groups is 2. The Balaban J connectivity index is 2.45. The molecule has 21 heavy (non-hydrogen) atoms. The van der Waals surface area contributed by atoms with Crippen LogP contribution in [0.15, 0.2) is 0 Å². The zero-order chi connectivity index (χ0) is 16.0. The summed E-state index contributed by atoms with van der Waals surface area (Å²) in [4.78, 5) is 22.9. The molecule has 1 fully saturated rings. The molecule has 1 aliphatic rings. The van der Waals surface area contributed by atoms with Gasteiger partial charge in [0.15, 0.2) is 0 Å². The van der Waals surface area contributed by atoms with Gasteiger partial charge in [-0.3, -0.25) is 9.59 Å². The molecule has 0 aliphatic carbocycles. The number of amides is 2. The minimum Gasteiger partial charge on any atom is -0.388 e. The first-order valence-corrected chi connectivity index (χ1v) is 6.91. The van der Waals surface area contributed by atoms with Crippen molar-refractivity contribution in [1.82, 2.24) is 10.6 Å². The van der Waals surface area contributed by atoms with Crippen molar-refractivity contribution in [2.75, 3.05) is 20.3 Å². The van der Waals surface area contributed by atoms with E-state index in [-0.39, 0.29) is 37.4 Å². The molecule has 4 atom stereocenters. The molecule has 4 N–H and O–H groups in total. The topological polar surface area (TPSA) is 117 Å². The van der Waals surface area contributed by atoms with E-state index in [0.717, 1.165) is 0 Å². The molecule has 8 nitrogen and oxygen atoms in total. The molecule has 1 saturated heterocycles. The number of hydrogen-bond donors (Lipinski definition) is 4. The number of carbonyl (C=O) groups excluding carboxylic acids is 2. The van der Waals surface area contributed by atoms with Crippen LogP contribution in [0.25, 0.3) is 0 Å². The number of methoxy groups -OCH3 is 1. The van der Waals surface area contributed by atoms with Gasteiger partial charge in [0.1, 0.15) is 24.9 Å². The number of aliphatic hydroxyl groups excluding tert-OH is 2. The monoisotopic (exact) mass is 304 g/mol. The largest absolute Gasteiger partial charge is 0.388 e. The molecule has 0 radical (unpaired) electrons. The van der Waals surface area contributed by atoms with Crippen LogP contribution in [-0.2, 0) is 19.1 Å². The van der Waals surface area contributed by atoms with E-state index in [4.69, 9.17) is 4.74 Å². The summed E-state index contributed by atoms with van der Waals surface area (Å²) in [5, 5.41) is 25.0. The highest BCUT2D eigenvalue weighted by Gasteiger charge is 2.43. The van der Waals surface area contributed by atoms with Crippen molar-refractivity contribution in [3.8, 4) is 0 Å². The van der Waals surface area contributed by atoms with Crippen molar-refractivity contribution in [1.29, 1.82) is 0 Å². The maximum absolute atomic E-state index is 11.6. The Kier molecular flexibility index (Phi) is 7.03. The van der Waals surface area contributed by atoms with Gasteiger partial charge in [0.25, 0.3) is 0 Å². The molecule has 1 aliphatic heterocycles. The maximum atomic E-state index is 11.6. The molecule has 0 bridgehead atoms. The van der Waals surface area contributed by atoms with Crippen LogP contribution in [0, 0.1) is 0 Å². The Morgan fingerprint density at radius 1 is 1.19 bits per heavy atom. The predicted octanol–water partition coefficient (Wildman–Crippen LogP) is -1.85. The van der Waals surface area contributed by atoms with Crippen LogP contribution < -0.4 is 10.6 Å². The van der Waals surface area contributed by atoms with Crippen LogP contribution in [0.1, 0.15) is 20.3 Å². The smallest absolute Gasteiger partial charge is 0.246 e. The lowest BCUT2D eigenvalue weighted by Gasteiger charge is -2.15. The van der Waals surface area contributed by atoms with Crippen LogP contribution in [0.4, 0.5) is 0 Å². The second-order valence-electron chi connectivity index (χ2n) is 5.36. The standard InChI is InChI=1S/C13H24N2O6/c1-7(2)15-10(16)4-8-12(18)13(19)9(21-8)5-14-11(17)6-20-3/h7-9,12-13,18-19H,4-6H2,1-3H3,(H,14,17)(H,15,16). The molecule has 8 heteroatoms. The quantitative estimate of drug-likeness (QED) is 0.439. The number of ether oxygens (including phenoxy) is 2. The third-order valence-corrected chi connectivity index (χ3v) is 3.07. The highest BCUT2D eigenvalue weighted by molar-refractivity contribution is 5.77. The molecule has 122 valence electrons. The Morgan fingerprint density at radius 3 is 2.38 bits per heavy atom. The normalized spacial score (nSPS) is 28.7.